The first kappa shape index (κ1) is 16.6. The van der Waals surface area contributed by atoms with E-state index in [1.807, 2.05) is 29.2 Å². The van der Waals surface area contributed by atoms with Gasteiger partial charge in [-0.1, -0.05) is 18.2 Å². The van der Waals surface area contributed by atoms with Gasteiger partial charge < -0.3 is 10.2 Å². The molecule has 0 spiro atoms. The Morgan fingerprint density at radius 2 is 2.17 bits per heavy atom. The van der Waals surface area contributed by atoms with Crippen LogP contribution in [-0.2, 0) is 17.9 Å². The molecule has 1 amide bonds. The summed E-state index contributed by atoms with van der Waals surface area (Å²) in [5.74, 6) is -0.0956. The highest BCUT2D eigenvalue weighted by Crippen LogP contribution is 2.23. The van der Waals surface area contributed by atoms with E-state index < -0.39 is 0 Å². The summed E-state index contributed by atoms with van der Waals surface area (Å²) in [6.07, 6.45) is 4.14. The minimum absolute atomic E-state index is 0.161. The molecular formula is C19H22FN3O. The van der Waals surface area contributed by atoms with E-state index >= 15 is 0 Å². The zero-order valence-corrected chi connectivity index (χ0v) is 13.6. The minimum Gasteiger partial charge on any atom is -0.335 e. The van der Waals surface area contributed by atoms with E-state index in [4.69, 9.17) is 0 Å². The fourth-order valence-corrected chi connectivity index (χ4v) is 3.13. The van der Waals surface area contributed by atoms with Gasteiger partial charge in [0.05, 0.1) is 5.69 Å². The number of pyridine rings is 1. The van der Waals surface area contributed by atoms with Gasteiger partial charge in [0, 0.05) is 31.7 Å². The van der Waals surface area contributed by atoms with E-state index in [1.54, 1.807) is 12.3 Å². The third-order valence-electron chi connectivity index (χ3n) is 4.38. The van der Waals surface area contributed by atoms with Crippen LogP contribution in [-0.4, -0.2) is 28.4 Å². The van der Waals surface area contributed by atoms with Crippen LogP contribution < -0.4 is 5.32 Å². The van der Waals surface area contributed by atoms with Crippen molar-refractivity contribution in [2.24, 2.45) is 0 Å². The van der Waals surface area contributed by atoms with Crippen molar-refractivity contribution in [1.82, 2.24) is 15.2 Å². The summed E-state index contributed by atoms with van der Waals surface area (Å²) in [6.45, 7) is 2.04. The molecule has 1 fully saturated rings. The second kappa shape index (κ2) is 8.02. The molecule has 24 heavy (non-hydrogen) atoms. The summed E-state index contributed by atoms with van der Waals surface area (Å²) in [4.78, 5) is 18.3. The maximum Gasteiger partial charge on any atom is 0.223 e. The Kier molecular flexibility index (Phi) is 5.54. The molecule has 2 heterocycles. The molecule has 0 bridgehead atoms. The van der Waals surface area contributed by atoms with Crippen molar-refractivity contribution in [1.29, 1.82) is 0 Å². The Bertz CT molecular complexity index is 677. The molecule has 2 aromatic rings. The van der Waals surface area contributed by atoms with E-state index in [9.17, 15) is 9.18 Å². The number of carbonyl (C=O) groups is 1. The van der Waals surface area contributed by atoms with Crippen LogP contribution in [0.4, 0.5) is 4.39 Å². The third-order valence-corrected chi connectivity index (χ3v) is 4.38. The molecule has 0 saturated carbocycles. The highest BCUT2D eigenvalue weighted by molar-refractivity contribution is 5.78. The largest absolute Gasteiger partial charge is 0.335 e. The van der Waals surface area contributed by atoms with Crippen LogP contribution in [0.2, 0.25) is 0 Å². The normalized spacial score (nSPS) is 17.5. The number of hydrogen-bond donors (Lipinski definition) is 1. The molecule has 1 aliphatic rings. The van der Waals surface area contributed by atoms with Gasteiger partial charge in [0.15, 0.2) is 0 Å². The minimum atomic E-state index is -0.257. The van der Waals surface area contributed by atoms with Crippen molar-refractivity contribution in [2.45, 2.75) is 38.4 Å². The predicted molar refractivity (Wildman–Crippen MR) is 90.5 cm³/mol. The van der Waals surface area contributed by atoms with E-state index in [0.717, 1.165) is 37.2 Å². The molecule has 1 atom stereocenters. The fraction of sp³-hybridized carbons (Fsp3) is 0.368. The van der Waals surface area contributed by atoms with Gasteiger partial charge in [0.1, 0.15) is 5.82 Å². The summed E-state index contributed by atoms with van der Waals surface area (Å²) >= 11 is 0. The summed E-state index contributed by atoms with van der Waals surface area (Å²) in [6, 6.07) is 12.6. The van der Waals surface area contributed by atoms with Crippen LogP contribution in [0, 0.1) is 5.82 Å². The smallest absolute Gasteiger partial charge is 0.223 e. The van der Waals surface area contributed by atoms with Gasteiger partial charge in [-0.25, -0.2) is 4.39 Å². The van der Waals surface area contributed by atoms with Gasteiger partial charge in [-0.15, -0.1) is 0 Å². The van der Waals surface area contributed by atoms with Gasteiger partial charge in [0.2, 0.25) is 5.91 Å². The molecule has 3 rings (SSSR count). The molecule has 1 aliphatic heterocycles. The van der Waals surface area contributed by atoms with Crippen molar-refractivity contribution in [3.63, 3.8) is 0 Å². The number of rotatable bonds is 7. The van der Waals surface area contributed by atoms with E-state index in [1.165, 1.54) is 12.1 Å². The maximum absolute atomic E-state index is 13.3. The highest BCUT2D eigenvalue weighted by Gasteiger charge is 2.30. The van der Waals surface area contributed by atoms with Gasteiger partial charge in [0.25, 0.3) is 0 Å². The Hall–Kier alpha value is -2.27. The molecule has 0 unspecified atom stereocenters. The number of benzene rings is 1. The van der Waals surface area contributed by atoms with Crippen LogP contribution in [0.25, 0.3) is 0 Å². The van der Waals surface area contributed by atoms with Gasteiger partial charge in [-0.3, -0.25) is 9.78 Å². The number of halogens is 1. The SMILES string of the molecule is O=C1CC[C@@H](CCNCc2ccccn2)N1Cc1cccc(F)c1. The molecule has 1 aromatic heterocycles. The van der Waals surface area contributed by atoms with Gasteiger partial charge in [-0.05, 0) is 49.2 Å². The first-order chi connectivity index (χ1) is 11.7. The van der Waals surface area contributed by atoms with E-state index in [-0.39, 0.29) is 17.8 Å². The van der Waals surface area contributed by atoms with Crippen LogP contribution in [0.3, 0.4) is 0 Å². The predicted octanol–water partition coefficient (Wildman–Crippen LogP) is 2.89. The average Bonchev–Trinajstić information content (AvgIpc) is 2.93. The number of carbonyl (C=O) groups excluding carboxylic acids is 1. The van der Waals surface area contributed by atoms with E-state index in [2.05, 4.69) is 10.3 Å². The van der Waals surface area contributed by atoms with Crippen molar-refractivity contribution in [3.05, 3.63) is 65.7 Å². The Labute approximate surface area is 141 Å². The van der Waals surface area contributed by atoms with Crippen molar-refractivity contribution >= 4 is 5.91 Å². The Morgan fingerprint density at radius 1 is 1.25 bits per heavy atom. The number of likely N-dealkylation sites (tertiary alicyclic amines) is 1. The molecule has 4 nitrogen and oxygen atoms in total. The lowest BCUT2D eigenvalue weighted by Crippen LogP contribution is -2.34. The molecule has 126 valence electrons. The molecule has 1 N–H and O–H groups in total. The fourth-order valence-electron chi connectivity index (χ4n) is 3.13. The van der Waals surface area contributed by atoms with Crippen molar-refractivity contribution in [3.8, 4) is 0 Å². The summed E-state index contributed by atoms with van der Waals surface area (Å²) in [7, 11) is 0. The number of nitrogens with one attached hydrogen (secondary N) is 1. The lowest BCUT2D eigenvalue weighted by molar-refractivity contribution is -0.129. The highest BCUT2D eigenvalue weighted by atomic mass is 19.1. The molecule has 5 heteroatoms. The van der Waals surface area contributed by atoms with Crippen LogP contribution in [0.15, 0.2) is 48.7 Å². The molecule has 1 aromatic carbocycles. The lowest BCUT2D eigenvalue weighted by atomic mass is 10.1. The van der Waals surface area contributed by atoms with Crippen molar-refractivity contribution < 1.29 is 9.18 Å². The van der Waals surface area contributed by atoms with Crippen molar-refractivity contribution in [2.75, 3.05) is 6.54 Å². The van der Waals surface area contributed by atoms with E-state index in [0.29, 0.717) is 13.0 Å². The molecule has 1 saturated heterocycles. The van der Waals surface area contributed by atoms with Crippen LogP contribution in [0.5, 0.6) is 0 Å². The van der Waals surface area contributed by atoms with Gasteiger partial charge in [-0.2, -0.15) is 0 Å². The average molecular weight is 327 g/mol. The first-order valence-electron chi connectivity index (χ1n) is 8.37. The summed E-state index contributed by atoms with van der Waals surface area (Å²) in [5, 5.41) is 3.38. The molecular weight excluding hydrogens is 305 g/mol. The zero-order valence-electron chi connectivity index (χ0n) is 13.6. The number of aromatic nitrogens is 1. The summed E-state index contributed by atoms with van der Waals surface area (Å²) < 4.78 is 13.3. The second-order valence-electron chi connectivity index (χ2n) is 6.13. The Balaban J connectivity index is 1.50. The maximum atomic E-state index is 13.3. The first-order valence-corrected chi connectivity index (χ1v) is 8.37. The second-order valence-corrected chi connectivity index (χ2v) is 6.13. The lowest BCUT2D eigenvalue weighted by Gasteiger charge is -2.25. The van der Waals surface area contributed by atoms with Crippen LogP contribution in [0.1, 0.15) is 30.5 Å². The third kappa shape index (κ3) is 4.38. The monoisotopic (exact) mass is 327 g/mol. The molecule has 0 aliphatic carbocycles. The molecule has 0 radical (unpaired) electrons. The Morgan fingerprint density at radius 3 is 2.96 bits per heavy atom. The number of nitrogens with zero attached hydrogens (tertiary/aromatic N) is 2. The van der Waals surface area contributed by atoms with Gasteiger partial charge >= 0.3 is 0 Å². The quantitative estimate of drug-likeness (QED) is 0.795. The summed E-state index contributed by atoms with van der Waals surface area (Å²) in [5.41, 5.74) is 1.85. The zero-order chi connectivity index (χ0) is 16.8. The van der Waals surface area contributed by atoms with Crippen LogP contribution >= 0.6 is 0 Å². The topological polar surface area (TPSA) is 45.2 Å². The number of hydrogen-bond acceptors (Lipinski definition) is 3. The number of amides is 1. The standard InChI is InChI=1S/C19H22FN3O/c20-16-5-3-4-15(12-16)14-23-18(7-8-19(23)24)9-11-21-13-17-6-1-2-10-22-17/h1-6,10,12,18,21H,7-9,11,13-14H2/t18-/m0/s1.